The van der Waals surface area contributed by atoms with Crippen LogP contribution in [0.25, 0.3) is 0 Å². The maximum atomic E-state index is 5.17. The van der Waals surface area contributed by atoms with Gasteiger partial charge in [-0.2, -0.15) is 12.6 Å². The topological polar surface area (TPSA) is 17.8 Å². The van der Waals surface area contributed by atoms with Crippen LogP contribution in [-0.2, 0) is 0 Å². The van der Waals surface area contributed by atoms with Crippen molar-refractivity contribution in [2.75, 3.05) is 0 Å². The van der Waals surface area contributed by atoms with E-state index in [1.54, 1.807) is 6.20 Å². The molecule has 1 unspecified atom stereocenters. The number of rotatable bonds is 1. The van der Waals surface area contributed by atoms with Crippen molar-refractivity contribution in [3.05, 3.63) is 18.2 Å². The lowest BCUT2D eigenvalue weighted by molar-refractivity contribution is 0.733. The van der Waals surface area contributed by atoms with Crippen LogP contribution >= 0.6 is 12.6 Å². The van der Waals surface area contributed by atoms with Crippen molar-refractivity contribution < 1.29 is 0 Å². The molecule has 0 radical (unpaired) electrons. The number of hydrogen-bond acceptors (Lipinski definition) is 2. The van der Waals surface area contributed by atoms with Gasteiger partial charge in [0.15, 0.2) is 5.82 Å². The standard InChI is InChI=1S/C7H8N2S/c1-3-7-8-4-5-9(7)6(2)10/h1,4-6,10H,2H3. The summed E-state index contributed by atoms with van der Waals surface area (Å²) in [7, 11) is 0. The van der Waals surface area contributed by atoms with Crippen molar-refractivity contribution in [2.45, 2.75) is 12.3 Å². The zero-order valence-electron chi connectivity index (χ0n) is 5.65. The van der Waals surface area contributed by atoms with Crippen LogP contribution in [0.5, 0.6) is 0 Å². The fraction of sp³-hybridized carbons (Fsp3) is 0.286. The minimum absolute atomic E-state index is 0.0912. The third-order valence-corrected chi connectivity index (χ3v) is 1.45. The van der Waals surface area contributed by atoms with Crippen LogP contribution in [-0.4, -0.2) is 9.55 Å². The molecule has 0 spiro atoms. The molecule has 0 aliphatic carbocycles. The largest absolute Gasteiger partial charge is 0.312 e. The second-order valence-corrected chi connectivity index (χ2v) is 2.68. The van der Waals surface area contributed by atoms with E-state index in [9.17, 15) is 0 Å². The van der Waals surface area contributed by atoms with Gasteiger partial charge in [0.25, 0.3) is 0 Å². The summed E-state index contributed by atoms with van der Waals surface area (Å²) < 4.78 is 1.82. The highest BCUT2D eigenvalue weighted by molar-refractivity contribution is 7.80. The zero-order chi connectivity index (χ0) is 7.56. The second-order valence-electron chi connectivity index (χ2n) is 1.93. The maximum absolute atomic E-state index is 5.17. The molecule has 0 aliphatic heterocycles. The first-order valence-electron chi connectivity index (χ1n) is 2.93. The Labute approximate surface area is 65.7 Å². The van der Waals surface area contributed by atoms with E-state index in [2.05, 4.69) is 23.5 Å². The van der Waals surface area contributed by atoms with E-state index in [-0.39, 0.29) is 5.37 Å². The van der Waals surface area contributed by atoms with E-state index < -0.39 is 0 Å². The minimum Gasteiger partial charge on any atom is -0.312 e. The van der Waals surface area contributed by atoms with Gasteiger partial charge < -0.3 is 4.57 Å². The molecule has 0 bridgehead atoms. The number of terminal acetylenes is 1. The van der Waals surface area contributed by atoms with Gasteiger partial charge in [-0.1, -0.05) is 0 Å². The van der Waals surface area contributed by atoms with Gasteiger partial charge in [-0.3, -0.25) is 0 Å². The molecule has 1 aromatic rings. The van der Waals surface area contributed by atoms with Gasteiger partial charge in [0.05, 0.1) is 5.37 Å². The van der Waals surface area contributed by atoms with Crippen LogP contribution < -0.4 is 0 Å². The normalized spacial score (nSPS) is 12.5. The Morgan fingerprint density at radius 2 is 2.60 bits per heavy atom. The summed E-state index contributed by atoms with van der Waals surface area (Å²) >= 11 is 4.20. The lowest BCUT2D eigenvalue weighted by Gasteiger charge is -2.05. The molecule has 3 heteroatoms. The van der Waals surface area contributed by atoms with E-state index in [4.69, 9.17) is 6.42 Å². The van der Waals surface area contributed by atoms with Gasteiger partial charge >= 0.3 is 0 Å². The molecule has 0 saturated carbocycles. The van der Waals surface area contributed by atoms with Gasteiger partial charge in [-0.25, -0.2) is 4.98 Å². The third-order valence-electron chi connectivity index (χ3n) is 1.20. The van der Waals surface area contributed by atoms with Gasteiger partial charge in [0.1, 0.15) is 0 Å². The second kappa shape index (κ2) is 2.80. The number of thiol groups is 1. The molecular formula is C7H8N2S. The van der Waals surface area contributed by atoms with E-state index in [1.165, 1.54) is 0 Å². The Hall–Kier alpha value is -0.880. The molecule has 52 valence electrons. The molecule has 0 aromatic carbocycles. The van der Waals surface area contributed by atoms with Crippen LogP contribution in [0.4, 0.5) is 0 Å². The maximum Gasteiger partial charge on any atom is 0.185 e. The molecule has 2 nitrogen and oxygen atoms in total. The zero-order valence-corrected chi connectivity index (χ0v) is 6.55. The van der Waals surface area contributed by atoms with Gasteiger partial charge in [-0.05, 0) is 12.8 Å². The van der Waals surface area contributed by atoms with Crippen molar-refractivity contribution in [1.29, 1.82) is 0 Å². The average Bonchev–Trinajstić information content (AvgIpc) is 2.33. The minimum atomic E-state index is 0.0912. The summed E-state index contributed by atoms with van der Waals surface area (Å²) in [4.78, 5) is 3.93. The number of aromatic nitrogens is 2. The highest BCUT2D eigenvalue weighted by Gasteiger charge is 2.01. The van der Waals surface area contributed by atoms with Crippen molar-refractivity contribution in [1.82, 2.24) is 9.55 Å². The first kappa shape index (κ1) is 7.23. The fourth-order valence-corrected chi connectivity index (χ4v) is 0.913. The quantitative estimate of drug-likeness (QED) is 0.474. The smallest absolute Gasteiger partial charge is 0.185 e. The lowest BCUT2D eigenvalue weighted by Crippen LogP contribution is -1.99. The first-order chi connectivity index (χ1) is 4.75. The van der Waals surface area contributed by atoms with E-state index in [1.807, 2.05) is 17.7 Å². The summed E-state index contributed by atoms with van der Waals surface area (Å²) in [6, 6.07) is 0. The summed E-state index contributed by atoms with van der Waals surface area (Å²) in [5.74, 6) is 3.09. The van der Waals surface area contributed by atoms with E-state index in [0.29, 0.717) is 5.82 Å². The lowest BCUT2D eigenvalue weighted by atomic mass is 10.6. The molecule has 1 rings (SSSR count). The van der Waals surface area contributed by atoms with Gasteiger partial charge in [0, 0.05) is 12.4 Å². The molecule has 1 aromatic heterocycles. The summed E-state index contributed by atoms with van der Waals surface area (Å²) in [6.45, 7) is 1.94. The SMILES string of the molecule is C#Cc1nccn1C(C)S. The van der Waals surface area contributed by atoms with Crippen molar-refractivity contribution in [3.63, 3.8) is 0 Å². The van der Waals surface area contributed by atoms with Crippen LogP contribution in [0.2, 0.25) is 0 Å². The Morgan fingerprint density at radius 1 is 1.90 bits per heavy atom. The van der Waals surface area contributed by atoms with Crippen molar-refractivity contribution >= 4 is 12.6 Å². The van der Waals surface area contributed by atoms with Gasteiger partial charge in [-0.15, -0.1) is 6.42 Å². The van der Waals surface area contributed by atoms with E-state index in [0.717, 1.165) is 0 Å². The van der Waals surface area contributed by atoms with Crippen LogP contribution in [0.15, 0.2) is 12.4 Å². The summed E-state index contributed by atoms with van der Waals surface area (Å²) in [5.41, 5.74) is 0. The molecule has 1 atom stereocenters. The number of hydrogen-bond donors (Lipinski definition) is 1. The van der Waals surface area contributed by atoms with Crippen molar-refractivity contribution in [2.24, 2.45) is 0 Å². The molecule has 0 saturated heterocycles. The van der Waals surface area contributed by atoms with Crippen LogP contribution in [0, 0.1) is 12.3 Å². The Kier molecular flexibility index (Phi) is 2.03. The number of imidazole rings is 1. The first-order valence-corrected chi connectivity index (χ1v) is 3.45. The Bertz CT molecular complexity index is 257. The Morgan fingerprint density at radius 3 is 3.00 bits per heavy atom. The number of nitrogens with zero attached hydrogens (tertiary/aromatic N) is 2. The average molecular weight is 152 g/mol. The molecule has 10 heavy (non-hydrogen) atoms. The highest BCUT2D eigenvalue weighted by atomic mass is 32.1. The Balaban J connectivity index is 3.05. The van der Waals surface area contributed by atoms with E-state index >= 15 is 0 Å². The summed E-state index contributed by atoms with van der Waals surface area (Å²) in [6.07, 6.45) is 8.65. The molecule has 0 N–H and O–H groups in total. The monoisotopic (exact) mass is 152 g/mol. The molecule has 0 amide bonds. The summed E-state index contributed by atoms with van der Waals surface area (Å²) in [5, 5.41) is 0.0912. The highest BCUT2D eigenvalue weighted by Crippen LogP contribution is 2.10. The molecule has 0 aliphatic rings. The van der Waals surface area contributed by atoms with Crippen LogP contribution in [0.1, 0.15) is 18.1 Å². The van der Waals surface area contributed by atoms with Gasteiger partial charge in [0.2, 0.25) is 0 Å². The fourth-order valence-electron chi connectivity index (χ4n) is 0.726. The predicted octanol–water partition coefficient (Wildman–Crippen LogP) is 1.31. The predicted molar refractivity (Wildman–Crippen MR) is 43.9 cm³/mol. The third kappa shape index (κ3) is 1.17. The molecular weight excluding hydrogens is 144 g/mol. The van der Waals surface area contributed by atoms with Crippen LogP contribution in [0.3, 0.4) is 0 Å². The molecule has 1 heterocycles. The molecule has 0 fully saturated rings. The van der Waals surface area contributed by atoms with Crippen molar-refractivity contribution in [3.8, 4) is 12.3 Å².